The van der Waals surface area contributed by atoms with Crippen LogP contribution < -0.4 is 21.0 Å². The zero-order valence-electron chi connectivity index (χ0n) is 24.2. The number of hydrogen-bond donors (Lipinski definition) is 3. The van der Waals surface area contributed by atoms with Crippen LogP contribution in [-0.2, 0) is 12.7 Å². The highest BCUT2D eigenvalue weighted by atomic mass is 79.9. The van der Waals surface area contributed by atoms with E-state index in [0.29, 0.717) is 16.6 Å². The van der Waals surface area contributed by atoms with Gasteiger partial charge in [-0.25, -0.2) is 5.43 Å². The van der Waals surface area contributed by atoms with Crippen LogP contribution in [0.2, 0.25) is 5.02 Å². The van der Waals surface area contributed by atoms with E-state index in [2.05, 4.69) is 61.2 Å². The van der Waals surface area contributed by atoms with Crippen LogP contribution in [0.3, 0.4) is 0 Å². The molecular weight excluding hydrogens is 671 g/mol. The highest BCUT2D eigenvalue weighted by Gasteiger charge is 2.33. The number of nitrogens with zero attached hydrogens (tertiary/aromatic N) is 2. The summed E-state index contributed by atoms with van der Waals surface area (Å²) in [5.41, 5.74) is 4.29. The average molecular weight is 701 g/mol. The van der Waals surface area contributed by atoms with Crippen LogP contribution in [0.15, 0.2) is 101 Å². The van der Waals surface area contributed by atoms with Gasteiger partial charge in [0, 0.05) is 35.9 Å². The van der Waals surface area contributed by atoms with E-state index in [-0.39, 0.29) is 16.8 Å². The van der Waals surface area contributed by atoms with Crippen LogP contribution in [0, 0.1) is 0 Å². The number of carbonyl (C=O) groups is 2. The van der Waals surface area contributed by atoms with E-state index in [0.717, 1.165) is 43.4 Å². The number of halogens is 5. The Morgan fingerprint density at radius 1 is 0.956 bits per heavy atom. The fourth-order valence-corrected chi connectivity index (χ4v) is 4.92. The van der Waals surface area contributed by atoms with Gasteiger partial charge in [0.05, 0.1) is 28.1 Å². The van der Waals surface area contributed by atoms with Crippen LogP contribution in [0.5, 0.6) is 0 Å². The van der Waals surface area contributed by atoms with Crippen molar-refractivity contribution in [2.45, 2.75) is 19.1 Å². The molecule has 0 aliphatic heterocycles. The number of hydrazone groups is 1. The maximum Gasteiger partial charge on any atom is 0.417 e. The third-order valence-corrected chi connectivity index (χ3v) is 7.56. The first kappa shape index (κ1) is 33.7. The molecule has 0 aliphatic rings. The van der Waals surface area contributed by atoms with Crippen molar-refractivity contribution < 1.29 is 22.8 Å². The van der Waals surface area contributed by atoms with Crippen LogP contribution in [0.25, 0.3) is 0 Å². The molecule has 0 aromatic heterocycles. The van der Waals surface area contributed by atoms with Gasteiger partial charge in [-0.3, -0.25) is 9.59 Å². The van der Waals surface area contributed by atoms with Gasteiger partial charge in [0.2, 0.25) is 0 Å². The predicted octanol–water partition coefficient (Wildman–Crippen LogP) is 7.75. The minimum atomic E-state index is -4.63. The third-order valence-electron chi connectivity index (χ3n) is 6.74. The average Bonchev–Trinajstić information content (AvgIpc) is 3.02. The Balaban J connectivity index is 1.30. The van der Waals surface area contributed by atoms with Gasteiger partial charge in [0.15, 0.2) is 0 Å². The molecule has 0 fully saturated rings. The molecule has 0 unspecified atom stereocenters. The number of benzene rings is 4. The van der Waals surface area contributed by atoms with Gasteiger partial charge in [-0.05, 0) is 78.7 Å². The number of carbonyl (C=O) groups excluding carboxylic acids is 2. The molecular formula is C33H30BrClF3N5O2. The van der Waals surface area contributed by atoms with E-state index < -0.39 is 28.6 Å². The molecule has 0 radical (unpaired) electrons. The molecule has 12 heteroatoms. The van der Waals surface area contributed by atoms with Crippen molar-refractivity contribution >= 4 is 56.9 Å². The molecule has 0 saturated carbocycles. The zero-order valence-corrected chi connectivity index (χ0v) is 26.5. The number of nitrogens with one attached hydrogen (secondary N) is 3. The lowest BCUT2D eigenvalue weighted by atomic mass is 10.1. The summed E-state index contributed by atoms with van der Waals surface area (Å²) in [5, 5.41) is 9.50. The maximum absolute atomic E-state index is 13.1. The number of para-hydroxylation sites is 1. The summed E-state index contributed by atoms with van der Waals surface area (Å²) < 4.78 is 40.0. The predicted molar refractivity (Wildman–Crippen MR) is 176 cm³/mol. The van der Waals surface area contributed by atoms with Crippen LogP contribution >= 0.6 is 27.5 Å². The monoisotopic (exact) mass is 699 g/mol. The summed E-state index contributed by atoms with van der Waals surface area (Å²) in [6.45, 7) is 2.41. The summed E-state index contributed by atoms with van der Waals surface area (Å²) in [6, 6.07) is 25.3. The second kappa shape index (κ2) is 15.7. The van der Waals surface area contributed by atoms with Gasteiger partial charge in [0.1, 0.15) is 0 Å². The Hall–Kier alpha value is -4.19. The normalized spacial score (nSPS) is 11.4. The Kier molecular flexibility index (Phi) is 11.8. The number of hydrogen-bond acceptors (Lipinski definition) is 5. The molecule has 0 bridgehead atoms. The molecule has 0 spiro atoms. The van der Waals surface area contributed by atoms with Crippen molar-refractivity contribution in [1.29, 1.82) is 0 Å². The summed E-state index contributed by atoms with van der Waals surface area (Å²) in [4.78, 5) is 28.1. The van der Waals surface area contributed by atoms with E-state index in [4.69, 9.17) is 11.6 Å². The van der Waals surface area contributed by atoms with E-state index in [1.807, 2.05) is 30.3 Å². The molecule has 2 amide bonds. The quantitative estimate of drug-likeness (QED) is 0.0802. The van der Waals surface area contributed by atoms with Crippen LogP contribution in [0.4, 0.5) is 24.5 Å². The number of rotatable bonds is 12. The molecule has 4 rings (SSSR count). The fourth-order valence-electron chi connectivity index (χ4n) is 4.33. The SMILES string of the molecule is CN(CCCNCc1ccc(C(=O)Nc2ccc(Br)cc2C(=O)N/N=C/c2ccc(Cl)c(C(F)(F)F)c2)cc1)c1ccccc1. The number of alkyl halides is 3. The van der Waals surface area contributed by atoms with E-state index in [1.54, 1.807) is 24.3 Å². The van der Waals surface area contributed by atoms with Gasteiger partial charge in [-0.1, -0.05) is 63.9 Å². The molecule has 3 N–H and O–H groups in total. The largest absolute Gasteiger partial charge is 0.417 e. The molecule has 0 saturated heterocycles. The first-order valence-corrected chi connectivity index (χ1v) is 15.1. The third kappa shape index (κ3) is 9.90. The summed E-state index contributed by atoms with van der Waals surface area (Å²) in [6.07, 6.45) is -2.59. The molecule has 0 atom stereocenters. The van der Waals surface area contributed by atoms with Crippen molar-refractivity contribution in [3.8, 4) is 0 Å². The molecule has 0 heterocycles. The highest BCUT2D eigenvalue weighted by Crippen LogP contribution is 2.34. The molecule has 4 aromatic carbocycles. The number of anilines is 2. The maximum atomic E-state index is 13.1. The smallest absolute Gasteiger partial charge is 0.375 e. The lowest BCUT2D eigenvalue weighted by Crippen LogP contribution is -2.23. The fraction of sp³-hybridized carbons (Fsp3) is 0.182. The molecule has 45 heavy (non-hydrogen) atoms. The van der Waals surface area contributed by atoms with Gasteiger partial charge < -0.3 is 15.5 Å². The van der Waals surface area contributed by atoms with Gasteiger partial charge >= 0.3 is 6.18 Å². The van der Waals surface area contributed by atoms with Gasteiger partial charge in [-0.15, -0.1) is 0 Å². The van der Waals surface area contributed by atoms with E-state index in [1.165, 1.54) is 17.8 Å². The standard InChI is InChI=1S/C33H30BrClF3N5O2/c1-43(26-6-3-2-4-7-26)17-5-16-39-20-22-8-11-24(12-9-22)31(44)41-30-15-13-25(34)19-27(30)32(45)42-40-21-23-10-14-29(35)28(18-23)33(36,37)38/h2-4,6-15,18-19,21,39H,5,16-17,20H2,1H3,(H,41,44)(H,42,45)/b40-21+. The topological polar surface area (TPSA) is 85.8 Å². The number of amides is 2. The second-order valence-corrected chi connectivity index (χ2v) is 11.4. The van der Waals surface area contributed by atoms with Crippen LogP contribution in [0.1, 0.15) is 43.8 Å². The lowest BCUT2D eigenvalue weighted by Gasteiger charge is -2.19. The van der Waals surface area contributed by atoms with Crippen molar-refractivity contribution in [2.75, 3.05) is 30.4 Å². The Morgan fingerprint density at radius 3 is 2.40 bits per heavy atom. The van der Waals surface area contributed by atoms with Crippen LogP contribution in [-0.4, -0.2) is 38.2 Å². The van der Waals surface area contributed by atoms with Crippen molar-refractivity contribution in [2.24, 2.45) is 5.10 Å². The summed E-state index contributed by atoms with van der Waals surface area (Å²) in [5.74, 6) is -1.09. The molecule has 234 valence electrons. The Labute approximate surface area is 272 Å². The first-order valence-electron chi connectivity index (χ1n) is 13.9. The van der Waals surface area contributed by atoms with Gasteiger partial charge in [0.25, 0.3) is 11.8 Å². The van der Waals surface area contributed by atoms with Gasteiger partial charge in [-0.2, -0.15) is 18.3 Å². The lowest BCUT2D eigenvalue weighted by molar-refractivity contribution is -0.137. The Bertz CT molecular complexity index is 1650. The van der Waals surface area contributed by atoms with Crippen molar-refractivity contribution in [3.63, 3.8) is 0 Å². The highest BCUT2D eigenvalue weighted by molar-refractivity contribution is 9.10. The minimum absolute atomic E-state index is 0.0871. The second-order valence-electron chi connectivity index (χ2n) is 10.1. The molecule has 7 nitrogen and oxygen atoms in total. The molecule has 4 aromatic rings. The molecule has 0 aliphatic carbocycles. The summed E-state index contributed by atoms with van der Waals surface area (Å²) >= 11 is 8.96. The first-order chi connectivity index (χ1) is 21.5. The zero-order chi connectivity index (χ0) is 32.4. The Morgan fingerprint density at radius 2 is 1.69 bits per heavy atom. The minimum Gasteiger partial charge on any atom is -0.375 e. The van der Waals surface area contributed by atoms with E-state index in [9.17, 15) is 22.8 Å². The van der Waals surface area contributed by atoms with E-state index >= 15 is 0 Å². The van der Waals surface area contributed by atoms with Crippen molar-refractivity contribution in [1.82, 2.24) is 10.7 Å². The van der Waals surface area contributed by atoms with Crippen molar-refractivity contribution in [3.05, 3.63) is 128 Å². The summed E-state index contributed by atoms with van der Waals surface area (Å²) in [7, 11) is 2.07.